The first-order valence-electron chi connectivity index (χ1n) is 8.39. The summed E-state index contributed by atoms with van der Waals surface area (Å²) in [5.41, 5.74) is 2.05. The van der Waals surface area contributed by atoms with Gasteiger partial charge in [0, 0.05) is 19.2 Å². The molecule has 0 N–H and O–H groups in total. The highest BCUT2D eigenvalue weighted by Crippen LogP contribution is 2.28. The average Bonchev–Trinajstić information content (AvgIpc) is 3.16. The molecule has 0 aromatic carbocycles. The number of hydrogen-bond acceptors (Lipinski definition) is 4. The van der Waals surface area contributed by atoms with Crippen LogP contribution in [0.15, 0.2) is 18.3 Å². The Bertz CT molecular complexity index is 639. The maximum atomic E-state index is 5.61. The van der Waals surface area contributed by atoms with Gasteiger partial charge in [0.25, 0.3) is 0 Å². The number of rotatable bonds is 3. The number of imidazole rings is 1. The van der Waals surface area contributed by atoms with Crippen LogP contribution in [0.25, 0.3) is 11.2 Å². The number of pyridine rings is 1. The van der Waals surface area contributed by atoms with Crippen molar-refractivity contribution in [3.8, 4) is 0 Å². The first-order chi connectivity index (χ1) is 10.8. The lowest BCUT2D eigenvalue weighted by Gasteiger charge is -2.29. The van der Waals surface area contributed by atoms with Crippen molar-refractivity contribution >= 4 is 11.2 Å². The molecular weight excluding hydrogens is 276 g/mol. The van der Waals surface area contributed by atoms with Gasteiger partial charge in [-0.2, -0.15) is 0 Å². The topological polar surface area (TPSA) is 43.2 Å². The van der Waals surface area contributed by atoms with Crippen LogP contribution in [0.1, 0.15) is 31.1 Å². The number of aromatic nitrogens is 3. The van der Waals surface area contributed by atoms with Crippen LogP contribution < -0.4 is 0 Å². The summed E-state index contributed by atoms with van der Waals surface area (Å²) < 4.78 is 7.97. The molecule has 0 aliphatic carbocycles. The zero-order valence-electron chi connectivity index (χ0n) is 13.2. The van der Waals surface area contributed by atoms with Gasteiger partial charge in [0.05, 0.1) is 12.6 Å². The van der Waals surface area contributed by atoms with Gasteiger partial charge in [0.2, 0.25) is 0 Å². The molecule has 2 fully saturated rings. The number of piperidine rings is 1. The second-order valence-corrected chi connectivity index (χ2v) is 6.71. The zero-order chi connectivity index (χ0) is 14.9. The van der Waals surface area contributed by atoms with Gasteiger partial charge in [-0.1, -0.05) is 0 Å². The Hall–Kier alpha value is -1.46. The second-order valence-electron chi connectivity index (χ2n) is 6.71. The summed E-state index contributed by atoms with van der Waals surface area (Å²) >= 11 is 0. The number of fused-ring (bicyclic) bond motifs is 1. The predicted octanol–water partition coefficient (Wildman–Crippen LogP) is 2.28. The largest absolute Gasteiger partial charge is 0.379 e. The Morgan fingerprint density at radius 3 is 2.91 bits per heavy atom. The standard InChI is InChI=1S/C17H24N4O/c1-20-8-4-13(5-9-20)11-16-19-15-3-2-7-18-17(15)21(16)14-6-10-22-12-14/h2-3,7,13-14H,4-6,8-12H2,1H3. The van der Waals surface area contributed by atoms with E-state index in [-0.39, 0.29) is 0 Å². The van der Waals surface area contributed by atoms with Crippen LogP contribution in [-0.2, 0) is 11.2 Å². The summed E-state index contributed by atoms with van der Waals surface area (Å²) in [6.07, 6.45) is 6.56. The monoisotopic (exact) mass is 300 g/mol. The Morgan fingerprint density at radius 2 is 2.14 bits per heavy atom. The minimum Gasteiger partial charge on any atom is -0.379 e. The van der Waals surface area contributed by atoms with E-state index in [1.54, 1.807) is 0 Å². The highest BCUT2D eigenvalue weighted by Gasteiger charge is 2.26. The molecule has 2 aromatic heterocycles. The van der Waals surface area contributed by atoms with Crippen molar-refractivity contribution in [3.05, 3.63) is 24.2 Å². The molecule has 118 valence electrons. The van der Waals surface area contributed by atoms with Gasteiger partial charge in [0.1, 0.15) is 11.3 Å². The molecule has 2 aliphatic heterocycles. The molecular formula is C17H24N4O. The van der Waals surface area contributed by atoms with Crippen molar-refractivity contribution in [2.75, 3.05) is 33.4 Å². The molecule has 0 amide bonds. The van der Waals surface area contributed by atoms with Crippen molar-refractivity contribution in [2.45, 2.75) is 31.7 Å². The van der Waals surface area contributed by atoms with Crippen LogP contribution in [0.3, 0.4) is 0 Å². The van der Waals surface area contributed by atoms with Crippen molar-refractivity contribution in [1.29, 1.82) is 0 Å². The third-order valence-electron chi connectivity index (χ3n) is 5.10. The lowest BCUT2D eigenvalue weighted by Crippen LogP contribution is -2.31. The number of hydrogen-bond donors (Lipinski definition) is 0. The van der Waals surface area contributed by atoms with E-state index in [2.05, 4.69) is 27.6 Å². The number of nitrogens with zero attached hydrogens (tertiary/aromatic N) is 4. The van der Waals surface area contributed by atoms with E-state index in [4.69, 9.17) is 9.72 Å². The lowest BCUT2D eigenvalue weighted by molar-refractivity contribution is 0.185. The Kier molecular flexibility index (Phi) is 3.84. The minimum atomic E-state index is 0.404. The minimum absolute atomic E-state index is 0.404. The van der Waals surface area contributed by atoms with E-state index >= 15 is 0 Å². The highest BCUT2D eigenvalue weighted by molar-refractivity contribution is 5.71. The summed E-state index contributed by atoms with van der Waals surface area (Å²) in [5, 5.41) is 0. The predicted molar refractivity (Wildman–Crippen MR) is 85.9 cm³/mol. The smallest absolute Gasteiger partial charge is 0.160 e. The average molecular weight is 300 g/mol. The van der Waals surface area contributed by atoms with E-state index in [1.807, 2.05) is 12.3 Å². The first kappa shape index (κ1) is 14.2. The molecule has 0 spiro atoms. The van der Waals surface area contributed by atoms with Crippen molar-refractivity contribution in [3.63, 3.8) is 0 Å². The van der Waals surface area contributed by atoms with E-state index < -0.39 is 0 Å². The number of ether oxygens (including phenoxy) is 1. The second kappa shape index (κ2) is 5.97. The van der Waals surface area contributed by atoms with Gasteiger partial charge in [-0.05, 0) is 57.5 Å². The zero-order valence-corrected chi connectivity index (χ0v) is 13.2. The van der Waals surface area contributed by atoms with Crippen LogP contribution in [0.4, 0.5) is 0 Å². The van der Waals surface area contributed by atoms with Gasteiger partial charge in [-0.15, -0.1) is 0 Å². The third kappa shape index (κ3) is 2.63. The fourth-order valence-electron chi connectivity index (χ4n) is 3.75. The first-order valence-corrected chi connectivity index (χ1v) is 8.39. The molecule has 5 heteroatoms. The Balaban J connectivity index is 1.65. The fraction of sp³-hybridized carbons (Fsp3) is 0.647. The molecule has 1 atom stereocenters. The van der Waals surface area contributed by atoms with E-state index in [9.17, 15) is 0 Å². The molecule has 4 heterocycles. The summed E-state index contributed by atoms with van der Waals surface area (Å²) in [6.45, 7) is 4.05. The van der Waals surface area contributed by atoms with Gasteiger partial charge in [0.15, 0.2) is 5.65 Å². The maximum Gasteiger partial charge on any atom is 0.160 e. The summed E-state index contributed by atoms with van der Waals surface area (Å²) in [7, 11) is 2.21. The van der Waals surface area contributed by atoms with Crippen molar-refractivity contribution in [2.24, 2.45) is 5.92 Å². The van der Waals surface area contributed by atoms with Crippen molar-refractivity contribution in [1.82, 2.24) is 19.4 Å². The molecule has 0 radical (unpaired) electrons. The maximum absolute atomic E-state index is 5.61. The van der Waals surface area contributed by atoms with Crippen LogP contribution in [-0.4, -0.2) is 52.8 Å². The molecule has 0 bridgehead atoms. The molecule has 2 aromatic rings. The molecule has 1 unspecified atom stereocenters. The SMILES string of the molecule is CN1CCC(Cc2nc3cccnc3n2C2CCOC2)CC1. The fourth-order valence-corrected chi connectivity index (χ4v) is 3.75. The molecule has 2 saturated heterocycles. The van der Waals surface area contributed by atoms with Gasteiger partial charge >= 0.3 is 0 Å². The van der Waals surface area contributed by atoms with E-state index in [0.717, 1.165) is 43.1 Å². The number of likely N-dealkylation sites (tertiary alicyclic amines) is 1. The molecule has 4 rings (SSSR count). The Morgan fingerprint density at radius 1 is 1.27 bits per heavy atom. The van der Waals surface area contributed by atoms with Crippen LogP contribution >= 0.6 is 0 Å². The molecule has 0 saturated carbocycles. The Labute approximate surface area is 131 Å². The third-order valence-corrected chi connectivity index (χ3v) is 5.10. The molecule has 2 aliphatic rings. The molecule has 5 nitrogen and oxygen atoms in total. The summed E-state index contributed by atoms with van der Waals surface area (Å²) in [5.74, 6) is 1.95. The highest BCUT2D eigenvalue weighted by atomic mass is 16.5. The lowest BCUT2D eigenvalue weighted by atomic mass is 9.93. The quantitative estimate of drug-likeness (QED) is 0.872. The van der Waals surface area contributed by atoms with Gasteiger partial charge in [-0.25, -0.2) is 9.97 Å². The van der Waals surface area contributed by atoms with Crippen LogP contribution in [0, 0.1) is 5.92 Å². The summed E-state index contributed by atoms with van der Waals surface area (Å²) in [4.78, 5) is 11.9. The van der Waals surface area contributed by atoms with E-state index in [1.165, 1.54) is 31.8 Å². The summed E-state index contributed by atoms with van der Waals surface area (Å²) in [6, 6.07) is 4.46. The van der Waals surface area contributed by atoms with Gasteiger partial charge < -0.3 is 14.2 Å². The van der Waals surface area contributed by atoms with E-state index in [0.29, 0.717) is 6.04 Å². The van der Waals surface area contributed by atoms with Crippen LogP contribution in [0.2, 0.25) is 0 Å². The van der Waals surface area contributed by atoms with Crippen LogP contribution in [0.5, 0.6) is 0 Å². The normalized spacial score (nSPS) is 24.3. The van der Waals surface area contributed by atoms with Gasteiger partial charge in [-0.3, -0.25) is 0 Å². The van der Waals surface area contributed by atoms with Crippen molar-refractivity contribution < 1.29 is 4.74 Å². The molecule has 22 heavy (non-hydrogen) atoms.